The Morgan fingerprint density at radius 1 is 0.930 bits per heavy atom. The number of amides is 1. The zero-order valence-corrected chi connectivity index (χ0v) is 22.8. The van der Waals surface area contributed by atoms with E-state index in [1.54, 1.807) is 6.07 Å². The van der Waals surface area contributed by atoms with Crippen molar-refractivity contribution in [1.82, 2.24) is 20.1 Å². The minimum Gasteiger partial charge on any atom is -0.346 e. The average Bonchev–Trinajstić information content (AvgIpc) is 3.39. The van der Waals surface area contributed by atoms with Gasteiger partial charge in [-0.3, -0.25) is 19.3 Å². The molecular formula is C30H25F7N4O2. The Morgan fingerprint density at radius 2 is 1.63 bits per heavy atom. The van der Waals surface area contributed by atoms with Crippen molar-refractivity contribution in [3.8, 4) is 11.1 Å². The molecule has 0 spiro atoms. The number of carbonyl (C=O) groups is 2. The third kappa shape index (κ3) is 7.09. The standard InChI is InChI=1S/C30H25F7N4O2/c1-3-25(41-26(29(36)37)14-24(40-41)28(34)35)30(43)39-23(11-16-9-18(31)13-19(32)10-16)27-20(5-4-8-38-27)17-6-7-22(33)21(12-17)15(2)42/h4-10,12-14,23,25,28-29H,3,11H2,1-2H3,(H,39,43). The number of hydrogen-bond donors (Lipinski definition) is 1. The van der Waals surface area contributed by atoms with Gasteiger partial charge in [0.1, 0.15) is 34.9 Å². The fourth-order valence-corrected chi connectivity index (χ4v) is 4.77. The van der Waals surface area contributed by atoms with E-state index in [0.717, 1.165) is 18.2 Å². The number of halogens is 7. The Labute approximate surface area is 241 Å². The van der Waals surface area contributed by atoms with Gasteiger partial charge in [-0.15, -0.1) is 0 Å². The smallest absolute Gasteiger partial charge is 0.282 e. The van der Waals surface area contributed by atoms with Crippen LogP contribution in [0.4, 0.5) is 30.7 Å². The summed E-state index contributed by atoms with van der Waals surface area (Å²) in [5.41, 5.74) is -1.13. The number of ketones is 1. The number of rotatable bonds is 11. The molecule has 0 fully saturated rings. The summed E-state index contributed by atoms with van der Waals surface area (Å²) in [5.74, 6) is -4.00. The largest absolute Gasteiger partial charge is 0.346 e. The summed E-state index contributed by atoms with van der Waals surface area (Å²) < 4.78 is 97.1. The molecule has 0 radical (unpaired) electrons. The summed E-state index contributed by atoms with van der Waals surface area (Å²) in [7, 11) is 0. The first-order chi connectivity index (χ1) is 20.4. The van der Waals surface area contributed by atoms with E-state index in [1.807, 2.05) is 0 Å². The van der Waals surface area contributed by atoms with Crippen LogP contribution in [-0.4, -0.2) is 26.5 Å². The van der Waals surface area contributed by atoms with Crippen LogP contribution in [0, 0.1) is 17.5 Å². The molecule has 0 saturated heterocycles. The van der Waals surface area contributed by atoms with Crippen LogP contribution in [0.5, 0.6) is 0 Å². The first-order valence-electron chi connectivity index (χ1n) is 13.1. The number of carbonyl (C=O) groups excluding carboxylic acids is 2. The molecule has 0 bridgehead atoms. The Bertz CT molecular complexity index is 1620. The zero-order valence-electron chi connectivity index (χ0n) is 22.8. The third-order valence-electron chi connectivity index (χ3n) is 6.72. The van der Waals surface area contributed by atoms with Gasteiger partial charge in [0.05, 0.1) is 17.3 Å². The lowest BCUT2D eigenvalue weighted by atomic mass is 9.93. The van der Waals surface area contributed by atoms with Crippen molar-refractivity contribution in [2.75, 3.05) is 0 Å². The highest BCUT2D eigenvalue weighted by Gasteiger charge is 2.31. The number of alkyl halides is 4. The second-order valence-electron chi connectivity index (χ2n) is 9.69. The maximum absolute atomic E-state index is 14.3. The summed E-state index contributed by atoms with van der Waals surface area (Å²) in [6.07, 6.45) is -5.39. The summed E-state index contributed by atoms with van der Waals surface area (Å²) in [6, 6.07) is 7.47. The van der Waals surface area contributed by atoms with Gasteiger partial charge in [0.2, 0.25) is 5.91 Å². The molecule has 1 amide bonds. The number of aromatic nitrogens is 3. The van der Waals surface area contributed by atoms with Crippen LogP contribution < -0.4 is 5.32 Å². The van der Waals surface area contributed by atoms with Crippen molar-refractivity contribution in [2.24, 2.45) is 0 Å². The lowest BCUT2D eigenvalue weighted by Crippen LogP contribution is -2.37. The van der Waals surface area contributed by atoms with Gasteiger partial charge in [-0.1, -0.05) is 19.1 Å². The summed E-state index contributed by atoms with van der Waals surface area (Å²) >= 11 is 0. The molecule has 2 aromatic carbocycles. The van der Waals surface area contributed by atoms with Crippen LogP contribution in [-0.2, 0) is 11.2 Å². The number of pyridine rings is 1. The number of Topliss-reactive ketones (excluding diaryl/α,β-unsaturated/α-hetero) is 1. The van der Waals surface area contributed by atoms with Gasteiger partial charge in [-0.25, -0.2) is 30.7 Å². The van der Waals surface area contributed by atoms with E-state index in [4.69, 9.17) is 0 Å². The van der Waals surface area contributed by atoms with Crippen LogP contribution in [0.1, 0.15) is 78.2 Å². The molecule has 0 aliphatic rings. The van der Waals surface area contributed by atoms with Gasteiger partial charge in [0, 0.05) is 17.8 Å². The van der Waals surface area contributed by atoms with Gasteiger partial charge in [0.15, 0.2) is 5.78 Å². The van der Waals surface area contributed by atoms with E-state index in [-0.39, 0.29) is 29.7 Å². The van der Waals surface area contributed by atoms with Gasteiger partial charge >= 0.3 is 0 Å². The molecule has 0 aliphatic heterocycles. The topological polar surface area (TPSA) is 76.9 Å². The predicted octanol–water partition coefficient (Wildman–Crippen LogP) is 7.49. The number of nitrogens with one attached hydrogen (secondary N) is 1. The highest BCUT2D eigenvalue weighted by molar-refractivity contribution is 5.95. The second-order valence-corrected chi connectivity index (χ2v) is 9.69. The van der Waals surface area contributed by atoms with E-state index >= 15 is 0 Å². The molecule has 2 heterocycles. The van der Waals surface area contributed by atoms with Gasteiger partial charge in [-0.05, 0) is 67.3 Å². The normalized spacial score (nSPS) is 12.9. The second kappa shape index (κ2) is 13.2. The van der Waals surface area contributed by atoms with E-state index in [1.165, 1.54) is 38.2 Å². The fraction of sp³-hybridized carbons (Fsp3) is 0.267. The quantitative estimate of drug-likeness (QED) is 0.142. The van der Waals surface area contributed by atoms with Crippen molar-refractivity contribution in [2.45, 2.75) is 51.6 Å². The Balaban J connectivity index is 1.81. The minimum atomic E-state index is -3.22. The summed E-state index contributed by atoms with van der Waals surface area (Å²) in [5, 5.41) is 6.21. The first-order valence-corrected chi connectivity index (χ1v) is 13.1. The first kappa shape index (κ1) is 31.4. The van der Waals surface area contributed by atoms with Crippen molar-refractivity contribution in [1.29, 1.82) is 0 Å². The lowest BCUT2D eigenvalue weighted by molar-refractivity contribution is -0.125. The molecule has 0 saturated carbocycles. The highest BCUT2D eigenvalue weighted by Crippen LogP contribution is 2.32. The monoisotopic (exact) mass is 606 g/mol. The number of benzene rings is 2. The van der Waals surface area contributed by atoms with Crippen LogP contribution in [0.2, 0.25) is 0 Å². The number of hydrogen-bond acceptors (Lipinski definition) is 4. The maximum atomic E-state index is 14.3. The fourth-order valence-electron chi connectivity index (χ4n) is 4.77. The molecule has 4 aromatic rings. The molecule has 13 heteroatoms. The van der Waals surface area contributed by atoms with Crippen LogP contribution in [0.15, 0.2) is 60.8 Å². The van der Waals surface area contributed by atoms with Gasteiger partial charge < -0.3 is 5.32 Å². The van der Waals surface area contributed by atoms with Crippen molar-refractivity contribution in [3.63, 3.8) is 0 Å². The average molecular weight is 607 g/mol. The molecule has 6 nitrogen and oxygen atoms in total. The minimum absolute atomic E-state index is 0.100. The molecule has 2 aromatic heterocycles. The summed E-state index contributed by atoms with van der Waals surface area (Å²) in [6.45, 7) is 2.65. The van der Waals surface area contributed by atoms with Crippen LogP contribution in [0.25, 0.3) is 11.1 Å². The van der Waals surface area contributed by atoms with Crippen molar-refractivity contribution in [3.05, 3.63) is 106 Å². The Morgan fingerprint density at radius 3 is 2.23 bits per heavy atom. The van der Waals surface area contributed by atoms with E-state index < -0.39 is 65.5 Å². The lowest BCUT2D eigenvalue weighted by Gasteiger charge is -2.25. The van der Waals surface area contributed by atoms with Crippen LogP contribution >= 0.6 is 0 Å². The Hall–Kier alpha value is -4.55. The maximum Gasteiger partial charge on any atom is 0.282 e. The van der Waals surface area contributed by atoms with Crippen molar-refractivity contribution < 1.29 is 40.3 Å². The SMILES string of the molecule is CCC(C(=O)NC(Cc1cc(F)cc(F)c1)c1ncccc1-c1ccc(F)c(C(C)=O)c1)n1nc(C(F)F)cc1C(F)F. The van der Waals surface area contributed by atoms with Gasteiger partial charge in [0.25, 0.3) is 12.9 Å². The third-order valence-corrected chi connectivity index (χ3v) is 6.72. The molecule has 4 rings (SSSR count). The van der Waals surface area contributed by atoms with Crippen molar-refractivity contribution >= 4 is 11.7 Å². The highest BCUT2D eigenvalue weighted by atomic mass is 19.3. The summed E-state index contributed by atoms with van der Waals surface area (Å²) in [4.78, 5) is 29.9. The molecule has 1 N–H and O–H groups in total. The molecule has 2 atom stereocenters. The zero-order chi connectivity index (χ0) is 31.4. The van der Waals surface area contributed by atoms with Gasteiger partial charge in [-0.2, -0.15) is 5.10 Å². The van der Waals surface area contributed by atoms with E-state index in [9.17, 15) is 40.3 Å². The predicted molar refractivity (Wildman–Crippen MR) is 142 cm³/mol. The Kier molecular flexibility index (Phi) is 9.62. The molecule has 43 heavy (non-hydrogen) atoms. The van der Waals surface area contributed by atoms with Crippen LogP contribution in [0.3, 0.4) is 0 Å². The molecule has 2 unspecified atom stereocenters. The molecule has 0 aliphatic carbocycles. The van der Waals surface area contributed by atoms with E-state index in [0.29, 0.717) is 27.9 Å². The molecular weight excluding hydrogens is 581 g/mol. The molecule has 226 valence electrons. The number of nitrogens with zero attached hydrogens (tertiary/aromatic N) is 3. The van der Waals surface area contributed by atoms with E-state index in [2.05, 4.69) is 15.4 Å².